The molecule has 27 heavy (non-hydrogen) atoms. The van der Waals surface area contributed by atoms with Crippen molar-refractivity contribution in [1.82, 2.24) is 9.88 Å². The number of carbonyl (C=O) groups is 1. The van der Waals surface area contributed by atoms with Gasteiger partial charge in [0, 0.05) is 39.5 Å². The molecule has 0 saturated carbocycles. The maximum absolute atomic E-state index is 12.9. The Balaban J connectivity index is 1.54. The molecule has 2 aromatic rings. The van der Waals surface area contributed by atoms with Gasteiger partial charge in [0.1, 0.15) is 5.82 Å². The summed E-state index contributed by atoms with van der Waals surface area (Å²) in [4.78, 5) is 19.2. The third-order valence-corrected chi connectivity index (χ3v) is 5.13. The third kappa shape index (κ3) is 5.54. The first-order valence-electron chi connectivity index (χ1n) is 9.81. The number of benzene rings is 1. The van der Waals surface area contributed by atoms with Gasteiger partial charge in [-0.3, -0.25) is 4.79 Å². The van der Waals surface area contributed by atoms with Crippen LogP contribution in [0.3, 0.4) is 0 Å². The number of ether oxygens (including phenoxy) is 1. The maximum atomic E-state index is 12.9. The predicted octanol–water partition coefficient (Wildman–Crippen LogP) is 3.94. The molecule has 0 bridgehead atoms. The van der Waals surface area contributed by atoms with E-state index in [-0.39, 0.29) is 5.91 Å². The minimum Gasteiger partial charge on any atom is -0.385 e. The summed E-state index contributed by atoms with van der Waals surface area (Å²) in [5.41, 5.74) is 2.05. The van der Waals surface area contributed by atoms with E-state index in [9.17, 15) is 4.79 Å². The van der Waals surface area contributed by atoms with Crippen LogP contribution in [0.4, 0.5) is 5.82 Å². The van der Waals surface area contributed by atoms with Crippen LogP contribution in [0, 0.1) is 0 Å². The van der Waals surface area contributed by atoms with Crippen molar-refractivity contribution in [3.05, 3.63) is 59.8 Å². The lowest BCUT2D eigenvalue weighted by Crippen LogP contribution is -2.32. The molecule has 1 aliphatic rings. The number of methoxy groups -OCH3 is 1. The Kier molecular flexibility index (Phi) is 7.22. The lowest BCUT2D eigenvalue weighted by atomic mass is 9.92. The van der Waals surface area contributed by atoms with Crippen molar-refractivity contribution in [3.63, 3.8) is 0 Å². The zero-order valence-electron chi connectivity index (χ0n) is 16.1. The number of rotatable bonds is 7. The van der Waals surface area contributed by atoms with Crippen molar-refractivity contribution in [1.29, 1.82) is 0 Å². The molecule has 1 amide bonds. The van der Waals surface area contributed by atoms with Gasteiger partial charge in [0.05, 0.1) is 5.56 Å². The van der Waals surface area contributed by atoms with Gasteiger partial charge in [-0.2, -0.15) is 0 Å². The van der Waals surface area contributed by atoms with Crippen molar-refractivity contribution in [3.8, 4) is 0 Å². The summed E-state index contributed by atoms with van der Waals surface area (Å²) in [7, 11) is 1.70. The van der Waals surface area contributed by atoms with Gasteiger partial charge in [-0.05, 0) is 49.3 Å². The van der Waals surface area contributed by atoms with Gasteiger partial charge in [0.25, 0.3) is 5.91 Å². The fourth-order valence-electron chi connectivity index (χ4n) is 3.60. The summed E-state index contributed by atoms with van der Waals surface area (Å²) in [6, 6.07) is 14.4. The van der Waals surface area contributed by atoms with E-state index in [4.69, 9.17) is 4.74 Å². The van der Waals surface area contributed by atoms with Crippen LogP contribution in [-0.4, -0.2) is 49.1 Å². The highest BCUT2D eigenvalue weighted by Gasteiger charge is 2.22. The van der Waals surface area contributed by atoms with E-state index in [1.54, 1.807) is 13.3 Å². The Morgan fingerprint density at radius 2 is 2.04 bits per heavy atom. The summed E-state index contributed by atoms with van der Waals surface area (Å²) in [5.74, 6) is 1.42. The van der Waals surface area contributed by atoms with Crippen LogP contribution in [0.5, 0.6) is 0 Å². The van der Waals surface area contributed by atoms with Crippen LogP contribution in [0.1, 0.15) is 47.5 Å². The molecule has 144 valence electrons. The molecule has 0 spiro atoms. The zero-order valence-corrected chi connectivity index (χ0v) is 16.1. The predicted molar refractivity (Wildman–Crippen MR) is 108 cm³/mol. The van der Waals surface area contributed by atoms with E-state index in [1.165, 1.54) is 5.56 Å². The minimum atomic E-state index is 0.0853. The number of nitrogens with one attached hydrogen (secondary N) is 1. The number of aromatic nitrogens is 1. The van der Waals surface area contributed by atoms with Crippen molar-refractivity contribution in [2.45, 2.75) is 31.6 Å². The number of likely N-dealkylation sites (tertiary alicyclic amines) is 1. The van der Waals surface area contributed by atoms with Crippen LogP contribution >= 0.6 is 0 Å². The smallest absolute Gasteiger partial charge is 0.255 e. The molecule has 1 aromatic carbocycles. The molecule has 0 aliphatic carbocycles. The topological polar surface area (TPSA) is 54.5 Å². The molecule has 5 nitrogen and oxygen atoms in total. The van der Waals surface area contributed by atoms with E-state index in [1.807, 2.05) is 17.0 Å². The number of hydrogen-bond donors (Lipinski definition) is 1. The van der Waals surface area contributed by atoms with E-state index < -0.39 is 0 Å². The van der Waals surface area contributed by atoms with Crippen molar-refractivity contribution in [2.75, 3.05) is 38.7 Å². The Morgan fingerprint density at radius 1 is 1.19 bits per heavy atom. The van der Waals surface area contributed by atoms with Gasteiger partial charge in [-0.15, -0.1) is 0 Å². The molecule has 1 N–H and O–H groups in total. The summed E-state index contributed by atoms with van der Waals surface area (Å²) >= 11 is 0. The Morgan fingerprint density at radius 3 is 2.78 bits per heavy atom. The van der Waals surface area contributed by atoms with Gasteiger partial charge in [-0.25, -0.2) is 4.98 Å². The minimum absolute atomic E-state index is 0.0853. The Labute approximate surface area is 161 Å². The first-order valence-corrected chi connectivity index (χ1v) is 9.81. The van der Waals surface area contributed by atoms with Gasteiger partial charge < -0.3 is 15.0 Å². The molecule has 1 aromatic heterocycles. The highest BCUT2D eigenvalue weighted by molar-refractivity contribution is 5.94. The normalized spacial score (nSPS) is 17.4. The summed E-state index contributed by atoms with van der Waals surface area (Å²) in [6.45, 7) is 3.15. The number of nitrogens with zero attached hydrogens (tertiary/aromatic N) is 2. The fourth-order valence-corrected chi connectivity index (χ4v) is 3.60. The van der Waals surface area contributed by atoms with E-state index >= 15 is 0 Å². The monoisotopic (exact) mass is 367 g/mol. The molecular formula is C22H29N3O2. The first-order chi connectivity index (χ1) is 13.3. The van der Waals surface area contributed by atoms with Crippen LogP contribution in [0.25, 0.3) is 0 Å². The first kappa shape index (κ1) is 19.4. The zero-order chi connectivity index (χ0) is 18.9. The largest absolute Gasteiger partial charge is 0.385 e. The second kappa shape index (κ2) is 10.1. The third-order valence-electron chi connectivity index (χ3n) is 5.13. The van der Waals surface area contributed by atoms with Crippen LogP contribution in [-0.2, 0) is 4.74 Å². The molecule has 1 aliphatic heterocycles. The lowest BCUT2D eigenvalue weighted by Gasteiger charge is -2.21. The molecule has 5 heteroatoms. The van der Waals surface area contributed by atoms with Gasteiger partial charge >= 0.3 is 0 Å². The van der Waals surface area contributed by atoms with E-state index in [0.29, 0.717) is 11.5 Å². The molecule has 1 fully saturated rings. The summed E-state index contributed by atoms with van der Waals surface area (Å²) < 4.78 is 5.03. The molecular weight excluding hydrogens is 338 g/mol. The van der Waals surface area contributed by atoms with E-state index in [0.717, 1.165) is 57.7 Å². The second-order valence-electron chi connectivity index (χ2n) is 7.04. The molecule has 2 heterocycles. The highest BCUT2D eigenvalue weighted by atomic mass is 16.5. The van der Waals surface area contributed by atoms with Crippen molar-refractivity contribution < 1.29 is 9.53 Å². The van der Waals surface area contributed by atoms with Crippen LogP contribution in [0.15, 0.2) is 48.7 Å². The lowest BCUT2D eigenvalue weighted by molar-refractivity contribution is 0.0760. The average Bonchev–Trinajstić information content (AvgIpc) is 2.98. The fraction of sp³-hybridized carbons (Fsp3) is 0.455. The molecule has 0 unspecified atom stereocenters. The molecule has 1 atom stereocenters. The highest BCUT2D eigenvalue weighted by Crippen LogP contribution is 2.28. The van der Waals surface area contributed by atoms with Crippen molar-refractivity contribution >= 4 is 11.7 Å². The van der Waals surface area contributed by atoms with Crippen LogP contribution in [0.2, 0.25) is 0 Å². The number of carbonyl (C=O) groups excluding carboxylic acids is 1. The standard InChI is InChI=1S/C22H29N3O2/c1-27-16-6-13-23-21-11-10-20(17-24-21)22(26)25-14-5-9-19(12-15-25)18-7-3-2-4-8-18/h2-4,7-8,10-11,17,19H,5-6,9,12-16H2,1H3,(H,23,24)/t19-/m1/s1. The molecule has 1 saturated heterocycles. The van der Waals surface area contributed by atoms with Gasteiger partial charge in [-0.1, -0.05) is 30.3 Å². The summed E-state index contributed by atoms with van der Waals surface area (Å²) in [5, 5.41) is 3.24. The van der Waals surface area contributed by atoms with Crippen LogP contribution < -0.4 is 5.32 Å². The van der Waals surface area contributed by atoms with Crippen molar-refractivity contribution in [2.24, 2.45) is 0 Å². The molecule has 3 rings (SSSR count). The average molecular weight is 367 g/mol. The number of hydrogen-bond acceptors (Lipinski definition) is 4. The number of pyridine rings is 1. The SMILES string of the molecule is COCCCNc1ccc(C(=O)N2CCC[C@@H](c3ccccc3)CC2)cn1. The Bertz CT molecular complexity index is 703. The van der Waals surface area contributed by atoms with Gasteiger partial charge in [0.2, 0.25) is 0 Å². The van der Waals surface area contributed by atoms with Gasteiger partial charge in [0.15, 0.2) is 0 Å². The maximum Gasteiger partial charge on any atom is 0.255 e. The van der Waals surface area contributed by atoms with E-state index in [2.05, 4.69) is 40.6 Å². The Hall–Kier alpha value is -2.40. The summed E-state index contributed by atoms with van der Waals surface area (Å²) in [6.07, 6.45) is 5.80. The molecule has 0 radical (unpaired) electrons. The number of anilines is 1. The number of amides is 1. The quantitative estimate of drug-likeness (QED) is 0.753. The second-order valence-corrected chi connectivity index (χ2v) is 7.04.